The van der Waals surface area contributed by atoms with Gasteiger partial charge in [0.1, 0.15) is 5.75 Å². The van der Waals surface area contributed by atoms with E-state index in [1.54, 1.807) is 13.2 Å². The van der Waals surface area contributed by atoms with Gasteiger partial charge in [0.05, 0.1) is 12.5 Å². The number of amides is 3. The van der Waals surface area contributed by atoms with Gasteiger partial charge in [-0.1, -0.05) is 12.1 Å². The number of carbonyl (C=O) groups is 3. The maximum Gasteiger partial charge on any atom is 0.240 e. The summed E-state index contributed by atoms with van der Waals surface area (Å²) in [7, 11) is 5.39. The summed E-state index contributed by atoms with van der Waals surface area (Å²) in [6.07, 6.45) is 3.36. The first-order chi connectivity index (χ1) is 14.3. The molecule has 2 bridgehead atoms. The second kappa shape index (κ2) is 8.02. The number of methoxy groups -OCH3 is 1. The number of carbonyl (C=O) groups excluding carboxylic acids is 3. The minimum absolute atomic E-state index is 0.0133. The Hall–Kier alpha value is -2.41. The summed E-state index contributed by atoms with van der Waals surface area (Å²) < 4.78 is 5.36. The van der Waals surface area contributed by atoms with Gasteiger partial charge >= 0.3 is 0 Å². The number of piperidine rings is 1. The van der Waals surface area contributed by atoms with Gasteiger partial charge in [0.15, 0.2) is 0 Å². The Bertz CT molecular complexity index is 855. The predicted octanol–water partition coefficient (Wildman–Crippen LogP) is 1.65. The molecule has 3 atom stereocenters. The quantitative estimate of drug-likeness (QED) is 0.636. The van der Waals surface area contributed by atoms with E-state index in [9.17, 15) is 14.4 Å². The number of nitrogens with zero attached hydrogens (tertiary/aromatic N) is 3. The molecule has 4 rings (SSSR count). The van der Waals surface area contributed by atoms with E-state index in [-0.39, 0.29) is 30.6 Å². The van der Waals surface area contributed by atoms with Crippen molar-refractivity contribution in [3.63, 3.8) is 0 Å². The fourth-order valence-corrected chi connectivity index (χ4v) is 5.30. The number of fused-ring (bicyclic) bond motifs is 2. The average molecular weight is 414 g/mol. The summed E-state index contributed by atoms with van der Waals surface area (Å²) in [4.78, 5) is 45.1. The summed E-state index contributed by atoms with van der Waals surface area (Å²) in [6, 6.07) is 7.56. The first-order valence-corrected chi connectivity index (χ1v) is 10.8. The van der Waals surface area contributed by atoms with Crippen LogP contribution in [0.3, 0.4) is 0 Å². The number of likely N-dealkylation sites (tertiary alicyclic amines) is 2. The van der Waals surface area contributed by atoms with Gasteiger partial charge in [-0.15, -0.1) is 0 Å². The molecule has 0 unspecified atom stereocenters. The van der Waals surface area contributed by atoms with Crippen LogP contribution in [0.1, 0.15) is 37.7 Å². The average Bonchev–Trinajstić information content (AvgIpc) is 3.41. The molecule has 7 heteroatoms. The molecule has 3 fully saturated rings. The van der Waals surface area contributed by atoms with Gasteiger partial charge in [0, 0.05) is 38.5 Å². The van der Waals surface area contributed by atoms with Crippen molar-refractivity contribution in [2.75, 3.05) is 40.8 Å². The van der Waals surface area contributed by atoms with Crippen LogP contribution in [-0.4, -0.2) is 79.3 Å². The molecule has 0 spiro atoms. The zero-order chi connectivity index (χ0) is 21.5. The molecule has 1 aromatic rings. The van der Waals surface area contributed by atoms with Gasteiger partial charge in [-0.05, 0) is 57.0 Å². The molecule has 2 saturated heterocycles. The van der Waals surface area contributed by atoms with Crippen molar-refractivity contribution in [1.82, 2.24) is 14.7 Å². The topological polar surface area (TPSA) is 70.2 Å². The molecule has 0 radical (unpaired) electrons. The third-order valence-electron chi connectivity index (χ3n) is 6.98. The Labute approximate surface area is 177 Å². The largest absolute Gasteiger partial charge is 0.497 e. The number of likely N-dealkylation sites (N-methyl/N-ethyl adjacent to an activating group) is 1. The predicted molar refractivity (Wildman–Crippen MR) is 112 cm³/mol. The Morgan fingerprint density at radius 1 is 1.27 bits per heavy atom. The summed E-state index contributed by atoms with van der Waals surface area (Å²) in [5.41, 5.74) is -0.470. The first kappa shape index (κ1) is 20.8. The van der Waals surface area contributed by atoms with Crippen LogP contribution in [0.2, 0.25) is 0 Å². The standard InChI is InChI=1S/C23H31N3O4/c1-24(2)9-10-25-20(27)13-23(22(25)29,17-5-4-6-19(12-17)30-3)14-21(28)26-15-16-7-8-18(26)11-16/h4-6,12,16,18H,7-11,13-15H2,1-3H3/t16-,18-,23+/m1/s1. The number of benzene rings is 1. The molecule has 30 heavy (non-hydrogen) atoms. The van der Waals surface area contributed by atoms with E-state index in [0.717, 1.165) is 19.4 Å². The molecule has 7 nitrogen and oxygen atoms in total. The summed E-state index contributed by atoms with van der Waals surface area (Å²) in [5, 5.41) is 0. The lowest BCUT2D eigenvalue weighted by atomic mass is 9.75. The van der Waals surface area contributed by atoms with Crippen LogP contribution in [-0.2, 0) is 19.8 Å². The van der Waals surface area contributed by atoms with Crippen molar-refractivity contribution < 1.29 is 19.1 Å². The number of rotatable bonds is 7. The van der Waals surface area contributed by atoms with E-state index >= 15 is 0 Å². The van der Waals surface area contributed by atoms with Crippen molar-refractivity contribution in [3.8, 4) is 5.75 Å². The van der Waals surface area contributed by atoms with Crippen LogP contribution in [0.25, 0.3) is 0 Å². The van der Waals surface area contributed by atoms with Crippen LogP contribution in [0.4, 0.5) is 0 Å². The normalized spacial score (nSPS) is 28.1. The SMILES string of the molecule is COc1cccc([C@@]2(CC(=O)N3C[C@@H]4CC[C@@H]3C4)CC(=O)N(CCN(C)C)C2=O)c1. The highest BCUT2D eigenvalue weighted by atomic mass is 16.5. The molecule has 162 valence electrons. The summed E-state index contributed by atoms with van der Waals surface area (Å²) in [5.74, 6) is 0.720. The van der Waals surface area contributed by atoms with Crippen molar-refractivity contribution >= 4 is 17.7 Å². The number of ether oxygens (including phenoxy) is 1. The Morgan fingerprint density at radius 2 is 2.07 bits per heavy atom. The highest BCUT2D eigenvalue weighted by Gasteiger charge is 2.55. The number of hydrogen-bond acceptors (Lipinski definition) is 5. The van der Waals surface area contributed by atoms with Crippen molar-refractivity contribution in [1.29, 1.82) is 0 Å². The molecule has 3 aliphatic rings. The van der Waals surface area contributed by atoms with Gasteiger partial charge in [-0.25, -0.2) is 0 Å². The zero-order valence-corrected chi connectivity index (χ0v) is 18.1. The third kappa shape index (κ3) is 3.60. The van der Waals surface area contributed by atoms with Crippen LogP contribution in [0.15, 0.2) is 24.3 Å². The third-order valence-corrected chi connectivity index (χ3v) is 6.98. The van der Waals surface area contributed by atoms with Gasteiger partial charge < -0.3 is 14.5 Å². The molecule has 0 aromatic heterocycles. The van der Waals surface area contributed by atoms with Crippen molar-refractivity contribution in [2.45, 2.75) is 43.6 Å². The zero-order valence-electron chi connectivity index (χ0n) is 18.1. The molecule has 2 heterocycles. The molecule has 3 amide bonds. The second-order valence-electron chi connectivity index (χ2n) is 9.20. The van der Waals surface area contributed by atoms with E-state index in [4.69, 9.17) is 4.74 Å². The highest BCUT2D eigenvalue weighted by Crippen LogP contribution is 2.43. The molecule has 1 aromatic carbocycles. The van der Waals surface area contributed by atoms with Crippen LogP contribution < -0.4 is 4.74 Å². The molecular formula is C23H31N3O4. The lowest BCUT2D eigenvalue weighted by molar-refractivity contribution is -0.143. The Balaban J connectivity index is 1.66. The maximum absolute atomic E-state index is 13.6. The Morgan fingerprint density at radius 3 is 2.70 bits per heavy atom. The molecule has 1 aliphatic carbocycles. The second-order valence-corrected chi connectivity index (χ2v) is 9.20. The minimum Gasteiger partial charge on any atom is -0.497 e. The fraction of sp³-hybridized carbons (Fsp3) is 0.609. The van der Waals surface area contributed by atoms with Crippen molar-refractivity contribution in [3.05, 3.63) is 29.8 Å². The summed E-state index contributed by atoms with van der Waals surface area (Å²) in [6.45, 7) is 1.71. The van der Waals surface area contributed by atoms with Crippen LogP contribution >= 0.6 is 0 Å². The van der Waals surface area contributed by atoms with E-state index < -0.39 is 5.41 Å². The van der Waals surface area contributed by atoms with E-state index in [2.05, 4.69) is 0 Å². The minimum atomic E-state index is -1.16. The number of imide groups is 1. The molecular weight excluding hydrogens is 382 g/mol. The van der Waals surface area contributed by atoms with Gasteiger partial charge in [0.25, 0.3) is 0 Å². The monoisotopic (exact) mass is 413 g/mol. The van der Waals surface area contributed by atoms with Crippen LogP contribution in [0.5, 0.6) is 5.75 Å². The maximum atomic E-state index is 13.6. The summed E-state index contributed by atoms with van der Waals surface area (Å²) >= 11 is 0. The lowest BCUT2D eigenvalue weighted by Gasteiger charge is -2.33. The molecule has 0 N–H and O–H groups in total. The van der Waals surface area contributed by atoms with Gasteiger partial charge in [0.2, 0.25) is 17.7 Å². The van der Waals surface area contributed by atoms with E-state index in [0.29, 0.717) is 36.4 Å². The number of hydrogen-bond donors (Lipinski definition) is 0. The fourth-order valence-electron chi connectivity index (χ4n) is 5.30. The smallest absolute Gasteiger partial charge is 0.240 e. The lowest BCUT2D eigenvalue weighted by Crippen LogP contribution is -2.46. The van der Waals surface area contributed by atoms with E-state index in [1.807, 2.05) is 42.1 Å². The first-order valence-electron chi connectivity index (χ1n) is 10.8. The van der Waals surface area contributed by atoms with Gasteiger partial charge in [-0.3, -0.25) is 19.3 Å². The molecule has 1 saturated carbocycles. The van der Waals surface area contributed by atoms with Crippen LogP contribution in [0, 0.1) is 5.92 Å². The van der Waals surface area contributed by atoms with Gasteiger partial charge in [-0.2, -0.15) is 0 Å². The highest BCUT2D eigenvalue weighted by molar-refractivity contribution is 6.10. The van der Waals surface area contributed by atoms with Crippen molar-refractivity contribution in [2.24, 2.45) is 5.92 Å². The van der Waals surface area contributed by atoms with E-state index in [1.165, 1.54) is 11.3 Å². The Kier molecular flexibility index (Phi) is 5.57. The molecule has 2 aliphatic heterocycles.